The number of hydrogen-bond acceptors (Lipinski definition) is 5. The van der Waals surface area contributed by atoms with E-state index in [-0.39, 0.29) is 16.9 Å². The number of nitrogens with two attached hydrogens (primary N) is 1. The van der Waals surface area contributed by atoms with E-state index < -0.39 is 4.92 Å². The SMILES string of the molecule is CCC(C)(C)CNc1cc([N+](=O)[O-])cc(N)n1. The van der Waals surface area contributed by atoms with Gasteiger partial charge in [0.2, 0.25) is 0 Å². The minimum Gasteiger partial charge on any atom is -0.383 e. The van der Waals surface area contributed by atoms with Crippen LogP contribution in [0.4, 0.5) is 17.3 Å². The summed E-state index contributed by atoms with van der Waals surface area (Å²) in [6, 6.07) is 2.64. The van der Waals surface area contributed by atoms with E-state index in [1.54, 1.807) is 0 Å². The van der Waals surface area contributed by atoms with Crippen LogP contribution < -0.4 is 11.1 Å². The highest BCUT2D eigenvalue weighted by Gasteiger charge is 2.16. The van der Waals surface area contributed by atoms with Crippen molar-refractivity contribution in [1.29, 1.82) is 0 Å². The van der Waals surface area contributed by atoms with Crippen molar-refractivity contribution in [3.05, 3.63) is 22.2 Å². The molecule has 1 aromatic rings. The molecule has 0 saturated heterocycles. The Kier molecular flexibility index (Phi) is 3.88. The van der Waals surface area contributed by atoms with E-state index >= 15 is 0 Å². The zero-order valence-corrected chi connectivity index (χ0v) is 10.4. The van der Waals surface area contributed by atoms with Gasteiger partial charge in [-0.25, -0.2) is 4.98 Å². The first kappa shape index (κ1) is 13.2. The van der Waals surface area contributed by atoms with E-state index in [0.29, 0.717) is 12.4 Å². The molecule has 0 unspecified atom stereocenters. The highest BCUT2D eigenvalue weighted by atomic mass is 16.6. The van der Waals surface area contributed by atoms with Crippen LogP contribution in [0.3, 0.4) is 0 Å². The first-order valence-electron chi connectivity index (χ1n) is 5.50. The van der Waals surface area contributed by atoms with Crippen LogP contribution in [0.25, 0.3) is 0 Å². The van der Waals surface area contributed by atoms with Crippen molar-refractivity contribution in [1.82, 2.24) is 4.98 Å². The Hall–Kier alpha value is -1.85. The van der Waals surface area contributed by atoms with Gasteiger partial charge in [0.15, 0.2) is 0 Å². The van der Waals surface area contributed by atoms with E-state index in [1.807, 2.05) is 0 Å². The number of aromatic nitrogens is 1. The van der Waals surface area contributed by atoms with Crippen molar-refractivity contribution in [3.63, 3.8) is 0 Å². The number of hydrogen-bond donors (Lipinski definition) is 2. The van der Waals surface area contributed by atoms with Gasteiger partial charge in [-0.2, -0.15) is 0 Å². The van der Waals surface area contributed by atoms with Gasteiger partial charge < -0.3 is 11.1 Å². The second kappa shape index (κ2) is 4.99. The lowest BCUT2D eigenvalue weighted by Crippen LogP contribution is -2.22. The summed E-state index contributed by atoms with van der Waals surface area (Å²) in [6.45, 7) is 7.01. The minimum absolute atomic E-state index is 0.0469. The lowest BCUT2D eigenvalue weighted by Gasteiger charge is -2.23. The number of nitrogens with zero attached hydrogens (tertiary/aromatic N) is 2. The summed E-state index contributed by atoms with van der Waals surface area (Å²) in [5.74, 6) is 0.592. The van der Waals surface area contributed by atoms with E-state index in [2.05, 4.69) is 31.1 Å². The molecule has 6 heteroatoms. The second-order valence-corrected chi connectivity index (χ2v) is 4.76. The van der Waals surface area contributed by atoms with Crippen molar-refractivity contribution < 1.29 is 4.92 Å². The topological polar surface area (TPSA) is 94.1 Å². The van der Waals surface area contributed by atoms with E-state index in [4.69, 9.17) is 5.73 Å². The summed E-state index contributed by atoms with van der Waals surface area (Å²) in [4.78, 5) is 14.2. The Morgan fingerprint density at radius 2 is 2.18 bits per heavy atom. The van der Waals surface area contributed by atoms with Gasteiger partial charge >= 0.3 is 0 Å². The molecule has 0 fully saturated rings. The van der Waals surface area contributed by atoms with Crippen molar-refractivity contribution in [2.45, 2.75) is 27.2 Å². The molecule has 0 aromatic carbocycles. The predicted octanol–water partition coefficient (Wildman–Crippen LogP) is 2.42. The maximum absolute atomic E-state index is 10.7. The van der Waals surface area contributed by atoms with Gasteiger partial charge in [0.25, 0.3) is 5.69 Å². The van der Waals surface area contributed by atoms with Gasteiger partial charge in [-0.15, -0.1) is 0 Å². The predicted molar refractivity (Wildman–Crippen MR) is 67.9 cm³/mol. The molecule has 0 spiro atoms. The van der Waals surface area contributed by atoms with Gasteiger partial charge in [0, 0.05) is 6.54 Å². The summed E-state index contributed by atoms with van der Waals surface area (Å²) >= 11 is 0. The highest BCUT2D eigenvalue weighted by molar-refractivity contribution is 5.52. The fourth-order valence-corrected chi connectivity index (χ4v) is 1.19. The van der Waals surface area contributed by atoms with Gasteiger partial charge in [0.05, 0.1) is 17.1 Å². The number of pyridine rings is 1. The number of rotatable bonds is 5. The molecule has 0 amide bonds. The van der Waals surface area contributed by atoms with E-state index in [1.165, 1.54) is 12.1 Å². The van der Waals surface area contributed by atoms with Crippen LogP contribution in [0.15, 0.2) is 12.1 Å². The fourth-order valence-electron chi connectivity index (χ4n) is 1.19. The molecule has 1 rings (SSSR count). The Bertz CT molecular complexity index is 418. The molecule has 0 atom stereocenters. The van der Waals surface area contributed by atoms with Gasteiger partial charge in [0.1, 0.15) is 11.6 Å². The molecule has 1 heterocycles. The van der Waals surface area contributed by atoms with Crippen LogP contribution in [0, 0.1) is 15.5 Å². The number of nitro groups is 1. The van der Waals surface area contributed by atoms with Crippen molar-refractivity contribution in [2.75, 3.05) is 17.6 Å². The first-order valence-corrected chi connectivity index (χ1v) is 5.50. The van der Waals surface area contributed by atoms with Gasteiger partial charge in [-0.3, -0.25) is 10.1 Å². The Labute approximate surface area is 100 Å². The summed E-state index contributed by atoms with van der Waals surface area (Å²) in [6.07, 6.45) is 1.00. The first-order chi connectivity index (χ1) is 7.84. The van der Waals surface area contributed by atoms with Crippen LogP contribution >= 0.6 is 0 Å². The van der Waals surface area contributed by atoms with Crippen molar-refractivity contribution in [2.24, 2.45) is 5.41 Å². The average molecular weight is 238 g/mol. The van der Waals surface area contributed by atoms with Crippen LogP contribution in [0.1, 0.15) is 27.2 Å². The molecule has 94 valence electrons. The maximum atomic E-state index is 10.7. The molecular weight excluding hydrogens is 220 g/mol. The third-order valence-electron chi connectivity index (χ3n) is 2.75. The van der Waals surface area contributed by atoms with Crippen molar-refractivity contribution in [3.8, 4) is 0 Å². The Morgan fingerprint density at radius 1 is 1.53 bits per heavy atom. The maximum Gasteiger partial charge on any atom is 0.276 e. The molecule has 0 saturated carbocycles. The monoisotopic (exact) mass is 238 g/mol. The molecule has 0 aliphatic rings. The smallest absolute Gasteiger partial charge is 0.276 e. The lowest BCUT2D eigenvalue weighted by atomic mass is 9.90. The van der Waals surface area contributed by atoms with Gasteiger partial charge in [-0.1, -0.05) is 20.8 Å². The number of anilines is 2. The molecule has 0 bridgehead atoms. The number of nitrogens with one attached hydrogen (secondary N) is 1. The summed E-state index contributed by atoms with van der Waals surface area (Å²) < 4.78 is 0. The molecular formula is C11H18N4O2. The minimum atomic E-state index is -0.478. The molecule has 0 radical (unpaired) electrons. The molecule has 3 N–H and O–H groups in total. The summed E-state index contributed by atoms with van der Waals surface area (Å²) in [5, 5.41) is 13.7. The third kappa shape index (κ3) is 3.90. The molecule has 1 aromatic heterocycles. The lowest BCUT2D eigenvalue weighted by molar-refractivity contribution is -0.384. The van der Waals surface area contributed by atoms with Crippen LogP contribution in [-0.4, -0.2) is 16.5 Å². The van der Waals surface area contributed by atoms with Crippen LogP contribution in [0.5, 0.6) is 0 Å². The van der Waals surface area contributed by atoms with Gasteiger partial charge in [-0.05, 0) is 11.8 Å². The molecule has 6 nitrogen and oxygen atoms in total. The molecule has 0 aliphatic carbocycles. The van der Waals surface area contributed by atoms with E-state index in [0.717, 1.165) is 6.42 Å². The average Bonchev–Trinajstić information content (AvgIpc) is 2.26. The molecule has 17 heavy (non-hydrogen) atoms. The summed E-state index contributed by atoms with van der Waals surface area (Å²) in [5.41, 5.74) is 5.58. The largest absolute Gasteiger partial charge is 0.383 e. The van der Waals surface area contributed by atoms with E-state index in [9.17, 15) is 10.1 Å². The fraction of sp³-hybridized carbons (Fsp3) is 0.545. The van der Waals surface area contributed by atoms with Crippen LogP contribution in [-0.2, 0) is 0 Å². The normalized spacial score (nSPS) is 11.2. The quantitative estimate of drug-likeness (QED) is 0.606. The zero-order chi connectivity index (χ0) is 13.1. The van der Waals surface area contributed by atoms with Crippen LogP contribution in [0.2, 0.25) is 0 Å². The number of nitrogen functional groups attached to an aromatic ring is 1. The Morgan fingerprint density at radius 3 is 2.71 bits per heavy atom. The second-order valence-electron chi connectivity index (χ2n) is 4.76. The summed E-state index contributed by atoms with van der Waals surface area (Å²) in [7, 11) is 0. The Balaban J connectivity index is 2.81. The standard InChI is InChI=1S/C11H18N4O2/c1-4-11(2,3)7-13-10-6-8(15(16)17)5-9(12)14-10/h5-6H,4,7H2,1-3H3,(H3,12,13,14). The third-order valence-corrected chi connectivity index (χ3v) is 2.75. The molecule has 0 aliphatic heterocycles. The zero-order valence-electron chi connectivity index (χ0n) is 10.4. The van der Waals surface area contributed by atoms with Crippen molar-refractivity contribution >= 4 is 17.3 Å². The highest BCUT2D eigenvalue weighted by Crippen LogP contribution is 2.22.